The standard InChI is InChI=1S/C22H36O20/c23-3-7(27)15-11(29)6(26)1-22(42-15,20(35)36)40-9-2-21(37,19(33)34)41-16(8(28)4-24)17(9)39-18-14(32)13(31)12(30)10(5-25)38-18/h6-18,23-32,37H,1-5H2,(H,33,34)(H,35,36)/t6-,7-,8-,9-,10-,11-,12-,13+,14+,15-,16-,17-,18-,21-,22-/m1/s1. The van der Waals surface area contributed by atoms with Gasteiger partial charge in [0.05, 0.1) is 32.0 Å². The van der Waals surface area contributed by atoms with Crippen molar-refractivity contribution in [3.63, 3.8) is 0 Å². The molecule has 0 bridgehead atoms. The second-order valence-corrected chi connectivity index (χ2v) is 10.2. The monoisotopic (exact) mass is 620 g/mol. The smallest absolute Gasteiger partial charge is 0.364 e. The van der Waals surface area contributed by atoms with E-state index in [0.29, 0.717) is 0 Å². The van der Waals surface area contributed by atoms with E-state index in [1.54, 1.807) is 0 Å². The predicted octanol–water partition coefficient (Wildman–Crippen LogP) is -7.88. The molecule has 0 aromatic heterocycles. The number of rotatable bonds is 11. The highest BCUT2D eigenvalue weighted by Crippen LogP contribution is 2.40. The average Bonchev–Trinajstić information content (AvgIpc) is 2.94. The zero-order chi connectivity index (χ0) is 31.7. The Labute approximate surface area is 236 Å². The number of aliphatic hydroxyl groups excluding tert-OH is 10. The third-order valence-electron chi connectivity index (χ3n) is 7.31. The van der Waals surface area contributed by atoms with Crippen molar-refractivity contribution >= 4 is 11.9 Å². The molecule has 15 atom stereocenters. The van der Waals surface area contributed by atoms with Gasteiger partial charge in [-0.25, -0.2) is 9.59 Å². The van der Waals surface area contributed by atoms with Gasteiger partial charge in [0.15, 0.2) is 6.29 Å². The summed E-state index contributed by atoms with van der Waals surface area (Å²) in [5, 5.41) is 131. The Morgan fingerprint density at radius 2 is 1.40 bits per heavy atom. The fourth-order valence-corrected chi connectivity index (χ4v) is 4.96. The van der Waals surface area contributed by atoms with Crippen LogP contribution in [-0.4, -0.2) is 189 Å². The summed E-state index contributed by atoms with van der Waals surface area (Å²) in [7, 11) is 0. The van der Waals surface area contributed by atoms with Crippen molar-refractivity contribution in [1.29, 1.82) is 0 Å². The summed E-state index contributed by atoms with van der Waals surface area (Å²) in [4.78, 5) is 24.4. The van der Waals surface area contributed by atoms with Crippen LogP contribution in [0.25, 0.3) is 0 Å². The molecular formula is C22H36O20. The Morgan fingerprint density at radius 1 is 0.810 bits per heavy atom. The Balaban J connectivity index is 2.07. The second kappa shape index (κ2) is 13.5. The Bertz CT molecular complexity index is 936. The quantitative estimate of drug-likeness (QED) is 0.102. The largest absolute Gasteiger partial charge is 0.477 e. The van der Waals surface area contributed by atoms with Crippen LogP contribution in [0.15, 0.2) is 0 Å². The summed E-state index contributed by atoms with van der Waals surface area (Å²) in [5.74, 6) is -10.4. The summed E-state index contributed by atoms with van der Waals surface area (Å²) in [5.41, 5.74) is 0. The SMILES string of the molecule is O=C(O)[C@@]1(O[C@@H]2C[C@](O)(C(=O)O)O[C@H]([C@H](O)CO)[C@@H]2O[C@H]2O[C@H](CO)[C@@H](O)[C@H](O)[C@@H]2O)C[C@@H](O)[C@@H](O)[C@@H]([C@H](O)CO)O1. The summed E-state index contributed by atoms with van der Waals surface area (Å²) in [6.07, 6.45) is -28.0. The van der Waals surface area contributed by atoms with Crippen molar-refractivity contribution in [2.24, 2.45) is 0 Å². The summed E-state index contributed by atoms with van der Waals surface area (Å²) in [6, 6.07) is 0. The summed E-state index contributed by atoms with van der Waals surface area (Å²) in [6.45, 7) is -3.15. The minimum Gasteiger partial charge on any atom is -0.477 e. The number of carboxylic acid groups (broad SMARTS) is 2. The number of aliphatic carboxylic acids is 2. The lowest BCUT2D eigenvalue weighted by atomic mass is 9.89. The number of aliphatic hydroxyl groups is 11. The molecule has 3 aliphatic heterocycles. The number of hydrogen-bond acceptors (Lipinski definition) is 18. The van der Waals surface area contributed by atoms with Crippen LogP contribution in [0.4, 0.5) is 0 Å². The number of hydrogen-bond donors (Lipinski definition) is 13. The molecule has 20 nitrogen and oxygen atoms in total. The van der Waals surface area contributed by atoms with E-state index in [-0.39, 0.29) is 0 Å². The molecule has 3 heterocycles. The molecule has 20 heteroatoms. The van der Waals surface area contributed by atoms with Crippen LogP contribution in [0.1, 0.15) is 12.8 Å². The van der Waals surface area contributed by atoms with Gasteiger partial charge >= 0.3 is 11.9 Å². The molecule has 3 aliphatic rings. The van der Waals surface area contributed by atoms with E-state index in [1.807, 2.05) is 0 Å². The fourth-order valence-electron chi connectivity index (χ4n) is 4.96. The molecule has 244 valence electrons. The molecule has 0 amide bonds. The molecule has 0 spiro atoms. The van der Waals surface area contributed by atoms with Crippen molar-refractivity contribution < 1.29 is 99.7 Å². The van der Waals surface area contributed by atoms with Gasteiger partial charge < -0.3 is 90.1 Å². The first-order chi connectivity index (χ1) is 19.5. The van der Waals surface area contributed by atoms with Crippen molar-refractivity contribution in [3.8, 4) is 0 Å². The highest BCUT2D eigenvalue weighted by Gasteiger charge is 2.61. The zero-order valence-electron chi connectivity index (χ0n) is 21.7. The lowest BCUT2D eigenvalue weighted by Crippen LogP contribution is -2.69. The van der Waals surface area contributed by atoms with E-state index in [9.17, 15) is 76.0 Å². The summed E-state index contributed by atoms with van der Waals surface area (Å²) >= 11 is 0. The van der Waals surface area contributed by atoms with Gasteiger partial charge in [0.1, 0.15) is 61.0 Å². The average molecular weight is 621 g/mol. The normalized spacial score (nSPS) is 46.1. The van der Waals surface area contributed by atoms with Crippen LogP contribution in [-0.2, 0) is 33.3 Å². The third kappa shape index (κ3) is 6.68. The van der Waals surface area contributed by atoms with Gasteiger partial charge in [0.2, 0.25) is 0 Å². The molecular weight excluding hydrogens is 584 g/mol. The van der Waals surface area contributed by atoms with Crippen LogP contribution < -0.4 is 0 Å². The molecule has 0 saturated carbocycles. The molecule has 0 aromatic rings. The lowest BCUT2D eigenvalue weighted by Gasteiger charge is -2.50. The summed E-state index contributed by atoms with van der Waals surface area (Å²) < 4.78 is 26.8. The van der Waals surface area contributed by atoms with E-state index < -0.39 is 136 Å². The van der Waals surface area contributed by atoms with Crippen LogP contribution in [0.5, 0.6) is 0 Å². The molecule has 0 unspecified atom stereocenters. The van der Waals surface area contributed by atoms with Crippen LogP contribution in [0, 0.1) is 0 Å². The van der Waals surface area contributed by atoms with E-state index in [4.69, 9.17) is 23.7 Å². The van der Waals surface area contributed by atoms with E-state index in [0.717, 1.165) is 0 Å². The Hall–Kier alpha value is -1.70. The Kier molecular flexibility index (Phi) is 11.2. The van der Waals surface area contributed by atoms with Crippen LogP contribution in [0.2, 0.25) is 0 Å². The van der Waals surface area contributed by atoms with Crippen molar-refractivity contribution in [3.05, 3.63) is 0 Å². The molecule has 3 saturated heterocycles. The van der Waals surface area contributed by atoms with Gasteiger partial charge in [-0.3, -0.25) is 0 Å². The first kappa shape index (κ1) is 34.8. The predicted molar refractivity (Wildman–Crippen MR) is 124 cm³/mol. The van der Waals surface area contributed by atoms with Crippen molar-refractivity contribution in [1.82, 2.24) is 0 Å². The molecule has 13 N–H and O–H groups in total. The van der Waals surface area contributed by atoms with Gasteiger partial charge in [0.25, 0.3) is 11.6 Å². The molecule has 0 aromatic carbocycles. The van der Waals surface area contributed by atoms with Gasteiger partial charge in [-0.15, -0.1) is 0 Å². The zero-order valence-corrected chi connectivity index (χ0v) is 21.7. The van der Waals surface area contributed by atoms with Crippen molar-refractivity contribution in [2.45, 2.75) is 104 Å². The van der Waals surface area contributed by atoms with Gasteiger partial charge in [-0.1, -0.05) is 0 Å². The van der Waals surface area contributed by atoms with E-state index >= 15 is 0 Å². The number of ether oxygens (including phenoxy) is 5. The maximum Gasteiger partial charge on any atom is 0.364 e. The van der Waals surface area contributed by atoms with E-state index in [1.165, 1.54) is 0 Å². The first-order valence-corrected chi connectivity index (χ1v) is 12.7. The van der Waals surface area contributed by atoms with Crippen molar-refractivity contribution in [2.75, 3.05) is 19.8 Å². The lowest BCUT2D eigenvalue weighted by molar-refractivity contribution is -0.392. The minimum atomic E-state index is -3.25. The second-order valence-electron chi connectivity index (χ2n) is 10.2. The van der Waals surface area contributed by atoms with Crippen LogP contribution in [0.3, 0.4) is 0 Å². The maximum absolute atomic E-state index is 12.5. The number of carbonyl (C=O) groups is 2. The Morgan fingerprint density at radius 3 is 1.93 bits per heavy atom. The van der Waals surface area contributed by atoms with Gasteiger partial charge in [-0.05, 0) is 0 Å². The maximum atomic E-state index is 12.5. The van der Waals surface area contributed by atoms with Gasteiger partial charge in [-0.2, -0.15) is 0 Å². The first-order valence-electron chi connectivity index (χ1n) is 12.7. The van der Waals surface area contributed by atoms with Gasteiger partial charge in [0, 0.05) is 12.8 Å². The fraction of sp³-hybridized carbons (Fsp3) is 0.909. The highest BCUT2D eigenvalue weighted by molar-refractivity contribution is 5.76. The third-order valence-corrected chi connectivity index (χ3v) is 7.31. The number of carboxylic acids is 2. The molecule has 0 aliphatic carbocycles. The van der Waals surface area contributed by atoms with E-state index in [2.05, 4.69) is 0 Å². The minimum absolute atomic E-state index is 0.905. The topological polar surface area (TPSA) is 343 Å². The molecule has 42 heavy (non-hydrogen) atoms. The molecule has 0 radical (unpaired) electrons. The highest BCUT2D eigenvalue weighted by atomic mass is 16.8. The molecule has 3 fully saturated rings. The van der Waals surface area contributed by atoms with Crippen LogP contribution >= 0.6 is 0 Å². The molecule has 3 rings (SSSR count).